The number of benzene rings is 2. The van der Waals surface area contributed by atoms with Crippen LogP contribution in [0, 0.1) is 13.8 Å². The number of hydrazine groups is 1. The fourth-order valence-electron chi connectivity index (χ4n) is 2.47. The molecule has 0 radical (unpaired) electrons. The van der Waals surface area contributed by atoms with Crippen LogP contribution < -0.4 is 26.2 Å². The average molecular weight is 396 g/mol. The van der Waals surface area contributed by atoms with Crippen molar-refractivity contribution in [3.05, 3.63) is 59.2 Å². The van der Waals surface area contributed by atoms with Gasteiger partial charge in [0.15, 0.2) is 6.61 Å². The van der Waals surface area contributed by atoms with E-state index < -0.39 is 11.8 Å². The number of aryl methyl sites for hydroxylation is 2. The van der Waals surface area contributed by atoms with Crippen LogP contribution in [0.3, 0.4) is 0 Å². The Bertz CT molecular complexity index is 907. The molecule has 0 aromatic heterocycles. The number of rotatable bonds is 6. The first-order valence-electron chi connectivity index (χ1n) is 9.37. The third kappa shape index (κ3) is 6.24. The minimum Gasteiger partial charge on any atom is -0.484 e. The molecule has 0 atom stereocenters. The summed E-state index contributed by atoms with van der Waals surface area (Å²) in [6, 6.07) is 11.9. The highest BCUT2D eigenvalue weighted by Crippen LogP contribution is 2.19. The van der Waals surface area contributed by atoms with Crippen LogP contribution in [0.1, 0.15) is 34.3 Å². The zero-order valence-corrected chi connectivity index (χ0v) is 16.4. The monoisotopic (exact) mass is 396 g/mol. The van der Waals surface area contributed by atoms with E-state index in [1.807, 2.05) is 26.0 Å². The smallest absolute Gasteiger partial charge is 0.319 e. The van der Waals surface area contributed by atoms with Crippen LogP contribution in [0.25, 0.3) is 0 Å². The van der Waals surface area contributed by atoms with Crippen LogP contribution in [-0.4, -0.2) is 30.5 Å². The number of anilines is 1. The van der Waals surface area contributed by atoms with Crippen molar-refractivity contribution in [2.24, 2.45) is 0 Å². The molecule has 1 aliphatic rings. The Hall–Kier alpha value is -3.55. The molecule has 4 N–H and O–H groups in total. The molecule has 2 aromatic carbocycles. The molecule has 0 heterocycles. The van der Waals surface area contributed by atoms with Crippen LogP contribution in [-0.2, 0) is 4.79 Å². The van der Waals surface area contributed by atoms with E-state index in [1.54, 1.807) is 30.3 Å². The number of nitrogens with one attached hydrogen (secondary N) is 4. The number of carbonyl (C=O) groups is 3. The summed E-state index contributed by atoms with van der Waals surface area (Å²) < 4.78 is 5.42. The second-order valence-electron chi connectivity index (χ2n) is 6.99. The van der Waals surface area contributed by atoms with E-state index in [-0.39, 0.29) is 18.7 Å². The van der Waals surface area contributed by atoms with Gasteiger partial charge in [-0.05, 0) is 74.2 Å². The van der Waals surface area contributed by atoms with Crippen LogP contribution in [0.2, 0.25) is 0 Å². The lowest BCUT2D eigenvalue weighted by Gasteiger charge is -2.10. The molecule has 0 unspecified atom stereocenters. The largest absolute Gasteiger partial charge is 0.484 e. The molecule has 2 aromatic rings. The van der Waals surface area contributed by atoms with Gasteiger partial charge in [0.05, 0.1) is 0 Å². The lowest BCUT2D eigenvalue weighted by molar-refractivity contribution is -0.123. The molecule has 4 amide bonds. The summed E-state index contributed by atoms with van der Waals surface area (Å²) in [5.41, 5.74) is 7.76. The third-order valence-electron chi connectivity index (χ3n) is 4.48. The van der Waals surface area contributed by atoms with Gasteiger partial charge in [-0.1, -0.05) is 6.07 Å². The molecular formula is C21H24N4O4. The normalized spacial score (nSPS) is 12.6. The Morgan fingerprint density at radius 1 is 0.966 bits per heavy atom. The van der Waals surface area contributed by atoms with Gasteiger partial charge in [-0.3, -0.25) is 20.4 Å². The van der Waals surface area contributed by atoms with Crippen molar-refractivity contribution in [1.29, 1.82) is 0 Å². The third-order valence-corrected chi connectivity index (χ3v) is 4.48. The number of hydrogen-bond donors (Lipinski definition) is 4. The van der Waals surface area contributed by atoms with E-state index in [9.17, 15) is 14.4 Å². The first-order valence-corrected chi connectivity index (χ1v) is 9.37. The minimum absolute atomic E-state index is 0.220. The van der Waals surface area contributed by atoms with Gasteiger partial charge in [0.25, 0.3) is 11.8 Å². The summed E-state index contributed by atoms with van der Waals surface area (Å²) in [5.74, 6) is -0.367. The van der Waals surface area contributed by atoms with Gasteiger partial charge in [-0.15, -0.1) is 0 Å². The molecule has 0 aliphatic heterocycles. The molecule has 1 fully saturated rings. The Kier molecular flexibility index (Phi) is 6.33. The lowest BCUT2D eigenvalue weighted by atomic mass is 10.1. The van der Waals surface area contributed by atoms with Gasteiger partial charge in [-0.25, -0.2) is 4.79 Å². The van der Waals surface area contributed by atoms with E-state index >= 15 is 0 Å². The quantitative estimate of drug-likeness (QED) is 0.562. The van der Waals surface area contributed by atoms with Gasteiger partial charge < -0.3 is 15.4 Å². The predicted octanol–water partition coefficient (Wildman–Crippen LogP) is 2.43. The van der Waals surface area contributed by atoms with Crippen LogP contribution in [0.4, 0.5) is 10.5 Å². The number of hydrogen-bond acceptors (Lipinski definition) is 4. The van der Waals surface area contributed by atoms with Crippen LogP contribution in [0.5, 0.6) is 5.75 Å². The van der Waals surface area contributed by atoms with Crippen molar-refractivity contribution in [3.8, 4) is 5.75 Å². The van der Waals surface area contributed by atoms with Crippen molar-refractivity contribution >= 4 is 23.5 Å². The Labute approximate surface area is 169 Å². The van der Waals surface area contributed by atoms with Gasteiger partial charge in [-0.2, -0.15) is 0 Å². The summed E-state index contributed by atoms with van der Waals surface area (Å²) in [6.07, 6.45) is 2.02. The summed E-state index contributed by atoms with van der Waals surface area (Å²) >= 11 is 0. The van der Waals surface area contributed by atoms with Crippen molar-refractivity contribution in [2.45, 2.75) is 32.7 Å². The molecule has 29 heavy (non-hydrogen) atoms. The molecule has 0 bridgehead atoms. The Balaban J connectivity index is 1.41. The maximum atomic E-state index is 12.1. The van der Waals surface area contributed by atoms with Crippen molar-refractivity contribution < 1.29 is 19.1 Å². The summed E-state index contributed by atoms with van der Waals surface area (Å²) in [7, 11) is 0. The van der Waals surface area contributed by atoms with Crippen molar-refractivity contribution in [2.75, 3.05) is 11.9 Å². The van der Waals surface area contributed by atoms with E-state index in [0.717, 1.165) is 24.0 Å². The molecule has 0 spiro atoms. The molecule has 0 saturated heterocycles. The van der Waals surface area contributed by atoms with Gasteiger partial charge in [0.1, 0.15) is 5.75 Å². The highest BCUT2D eigenvalue weighted by molar-refractivity contribution is 5.96. The fourth-order valence-corrected chi connectivity index (χ4v) is 2.47. The zero-order chi connectivity index (χ0) is 20.8. The van der Waals surface area contributed by atoms with Gasteiger partial charge in [0, 0.05) is 17.3 Å². The van der Waals surface area contributed by atoms with Crippen LogP contribution in [0.15, 0.2) is 42.5 Å². The van der Waals surface area contributed by atoms with Crippen molar-refractivity contribution in [1.82, 2.24) is 16.2 Å². The van der Waals surface area contributed by atoms with E-state index in [4.69, 9.17) is 4.74 Å². The van der Waals surface area contributed by atoms with Crippen molar-refractivity contribution in [3.63, 3.8) is 0 Å². The van der Waals surface area contributed by atoms with Gasteiger partial charge >= 0.3 is 6.03 Å². The summed E-state index contributed by atoms with van der Waals surface area (Å²) in [5, 5.41) is 5.51. The maximum absolute atomic E-state index is 12.1. The highest BCUT2D eigenvalue weighted by atomic mass is 16.5. The molecular weight excluding hydrogens is 372 g/mol. The maximum Gasteiger partial charge on any atom is 0.319 e. The molecule has 152 valence electrons. The van der Waals surface area contributed by atoms with E-state index in [0.29, 0.717) is 17.0 Å². The Morgan fingerprint density at radius 3 is 2.34 bits per heavy atom. The SMILES string of the molecule is Cc1ccc(OCC(=O)NNC(=O)c2ccc(NC(=O)NC3CC3)cc2)cc1C. The minimum atomic E-state index is -0.480. The summed E-state index contributed by atoms with van der Waals surface area (Å²) in [6.45, 7) is 3.73. The number of carbonyl (C=O) groups excluding carboxylic acids is 3. The van der Waals surface area contributed by atoms with Crippen LogP contribution >= 0.6 is 0 Å². The second kappa shape index (κ2) is 9.09. The Morgan fingerprint density at radius 2 is 1.69 bits per heavy atom. The standard InChI is InChI=1S/C21H24N4O4/c1-13-3-10-18(11-14(13)2)29-12-19(26)24-25-20(27)15-4-6-16(7-5-15)22-21(28)23-17-8-9-17/h3-7,10-11,17H,8-9,12H2,1-2H3,(H,24,26)(H,25,27)(H2,22,23,28). The highest BCUT2D eigenvalue weighted by Gasteiger charge is 2.23. The first-order chi connectivity index (χ1) is 13.9. The first kappa shape index (κ1) is 20.2. The number of amides is 4. The number of urea groups is 1. The van der Waals surface area contributed by atoms with Gasteiger partial charge in [0.2, 0.25) is 0 Å². The second-order valence-corrected chi connectivity index (χ2v) is 6.99. The van der Waals surface area contributed by atoms with E-state index in [2.05, 4.69) is 21.5 Å². The molecule has 8 heteroatoms. The molecule has 1 saturated carbocycles. The number of ether oxygens (including phenoxy) is 1. The fraction of sp³-hybridized carbons (Fsp3) is 0.286. The summed E-state index contributed by atoms with van der Waals surface area (Å²) in [4.78, 5) is 35.7. The lowest BCUT2D eigenvalue weighted by Crippen LogP contribution is -2.43. The topological polar surface area (TPSA) is 109 Å². The molecule has 8 nitrogen and oxygen atoms in total. The zero-order valence-electron chi connectivity index (χ0n) is 16.4. The average Bonchev–Trinajstić information content (AvgIpc) is 3.51. The molecule has 1 aliphatic carbocycles. The van der Waals surface area contributed by atoms with E-state index in [1.165, 1.54) is 0 Å². The predicted molar refractivity (Wildman–Crippen MR) is 109 cm³/mol. The molecule has 3 rings (SSSR count).